The van der Waals surface area contributed by atoms with Crippen molar-refractivity contribution in [3.8, 4) is 0 Å². The van der Waals surface area contributed by atoms with Gasteiger partial charge in [0.25, 0.3) is 0 Å². The van der Waals surface area contributed by atoms with Crippen LogP contribution in [0.4, 0.5) is 0 Å². The zero-order chi connectivity index (χ0) is 11.6. The average Bonchev–Trinajstić information content (AvgIpc) is 2.33. The zero-order valence-electron chi connectivity index (χ0n) is 10.5. The Kier molecular flexibility index (Phi) is 6.91. The van der Waals surface area contributed by atoms with Crippen molar-refractivity contribution < 1.29 is 0 Å². The number of rotatable bonds is 8. The maximum atomic E-state index is 3.78. The molecule has 0 aromatic rings. The van der Waals surface area contributed by atoms with E-state index in [4.69, 9.17) is 0 Å². The lowest BCUT2D eigenvalue weighted by Crippen LogP contribution is -2.30. The van der Waals surface area contributed by atoms with Crippen LogP contribution in [-0.2, 0) is 0 Å². The zero-order valence-corrected chi connectivity index (χ0v) is 10.5. The van der Waals surface area contributed by atoms with Crippen molar-refractivity contribution in [3.05, 3.63) is 37.0 Å². The summed E-state index contributed by atoms with van der Waals surface area (Å²) in [6.45, 7) is 11.2. The fraction of sp³-hybridized carbons (Fsp3) is 0.600. The number of nitrogens with zero attached hydrogens (tertiary/aromatic N) is 1. The van der Waals surface area contributed by atoms with Gasteiger partial charge in [-0.05, 0) is 45.1 Å². The van der Waals surface area contributed by atoms with Crippen molar-refractivity contribution in [2.45, 2.75) is 38.5 Å². The predicted molar refractivity (Wildman–Crippen MR) is 72.6 cm³/mol. The van der Waals surface area contributed by atoms with E-state index in [-0.39, 0.29) is 0 Å². The van der Waals surface area contributed by atoms with Gasteiger partial charge in [-0.3, -0.25) is 4.90 Å². The number of allylic oxidation sites excluding steroid dienone is 2. The molecule has 1 rings (SSSR count). The van der Waals surface area contributed by atoms with Crippen molar-refractivity contribution in [1.29, 1.82) is 0 Å². The second kappa shape index (κ2) is 8.35. The van der Waals surface area contributed by atoms with Crippen LogP contribution in [0.3, 0.4) is 0 Å². The van der Waals surface area contributed by atoms with Crippen LogP contribution in [0.2, 0.25) is 0 Å². The molecular formula is C15H25N. The van der Waals surface area contributed by atoms with Crippen LogP contribution in [-0.4, -0.2) is 24.5 Å². The summed E-state index contributed by atoms with van der Waals surface area (Å²) in [4.78, 5) is 2.58. The van der Waals surface area contributed by atoms with Crippen LogP contribution in [0.1, 0.15) is 38.5 Å². The molecule has 90 valence electrons. The first kappa shape index (κ1) is 13.2. The molecule has 0 N–H and O–H groups in total. The molecule has 0 aliphatic carbocycles. The Bertz CT molecular complexity index is 240. The highest BCUT2D eigenvalue weighted by atomic mass is 15.1. The summed E-state index contributed by atoms with van der Waals surface area (Å²) in [5.41, 5.74) is 1.61. The Balaban J connectivity index is 2.17. The van der Waals surface area contributed by atoms with E-state index in [1.807, 2.05) is 12.2 Å². The summed E-state index contributed by atoms with van der Waals surface area (Å²) in [5, 5.41) is 0. The van der Waals surface area contributed by atoms with Crippen LogP contribution < -0.4 is 0 Å². The highest BCUT2D eigenvalue weighted by Crippen LogP contribution is 2.15. The lowest BCUT2D eigenvalue weighted by molar-refractivity contribution is 0.281. The minimum atomic E-state index is 1.12. The first-order valence-electron chi connectivity index (χ1n) is 6.49. The molecule has 0 atom stereocenters. The third-order valence-electron chi connectivity index (χ3n) is 3.11. The maximum absolute atomic E-state index is 3.78. The molecule has 1 aliphatic heterocycles. The minimum absolute atomic E-state index is 1.12. The van der Waals surface area contributed by atoms with E-state index in [2.05, 4.69) is 24.1 Å². The topological polar surface area (TPSA) is 3.24 Å². The fourth-order valence-corrected chi connectivity index (χ4v) is 2.17. The molecular weight excluding hydrogens is 194 g/mol. The van der Waals surface area contributed by atoms with Crippen LogP contribution >= 0.6 is 0 Å². The molecule has 0 fully saturated rings. The quantitative estimate of drug-likeness (QED) is 0.441. The smallest absolute Gasteiger partial charge is 0.0193 e. The van der Waals surface area contributed by atoms with Crippen molar-refractivity contribution in [3.63, 3.8) is 0 Å². The van der Waals surface area contributed by atoms with Gasteiger partial charge in [0.15, 0.2) is 0 Å². The highest BCUT2D eigenvalue weighted by Gasteiger charge is 2.10. The Labute approximate surface area is 101 Å². The lowest BCUT2D eigenvalue weighted by Gasteiger charge is -2.27. The standard InChI is InChI=1S/C15H25N/c1-3-5-7-8-12-16-13-9-11-15(14-16)10-6-4-2/h3-4,11H,1-2,5-10,12-14H2. The third kappa shape index (κ3) is 5.32. The van der Waals surface area contributed by atoms with E-state index in [0.29, 0.717) is 0 Å². The number of unbranched alkanes of at least 4 members (excludes halogenated alkanes) is 2. The van der Waals surface area contributed by atoms with E-state index >= 15 is 0 Å². The number of hydrogen-bond donors (Lipinski definition) is 0. The molecule has 0 saturated carbocycles. The highest BCUT2D eigenvalue weighted by molar-refractivity contribution is 5.08. The van der Waals surface area contributed by atoms with Crippen molar-refractivity contribution in [1.82, 2.24) is 4.90 Å². The van der Waals surface area contributed by atoms with Gasteiger partial charge in [0.05, 0.1) is 0 Å². The Morgan fingerprint density at radius 2 is 2.00 bits per heavy atom. The molecule has 0 bridgehead atoms. The average molecular weight is 219 g/mol. The normalized spacial score (nSPS) is 16.9. The first-order valence-corrected chi connectivity index (χ1v) is 6.49. The second-order valence-corrected chi connectivity index (χ2v) is 4.54. The third-order valence-corrected chi connectivity index (χ3v) is 3.11. The summed E-state index contributed by atoms with van der Waals surface area (Å²) in [7, 11) is 0. The van der Waals surface area contributed by atoms with Gasteiger partial charge in [0, 0.05) is 13.1 Å². The molecule has 0 spiro atoms. The molecule has 0 unspecified atom stereocenters. The minimum Gasteiger partial charge on any atom is -0.299 e. The van der Waals surface area contributed by atoms with E-state index in [1.54, 1.807) is 5.57 Å². The molecule has 0 aromatic heterocycles. The summed E-state index contributed by atoms with van der Waals surface area (Å²) in [6, 6.07) is 0. The first-order chi connectivity index (χ1) is 7.86. The van der Waals surface area contributed by atoms with Gasteiger partial charge in [0.2, 0.25) is 0 Å². The van der Waals surface area contributed by atoms with Crippen LogP contribution in [0, 0.1) is 0 Å². The molecule has 0 saturated heterocycles. The molecule has 1 nitrogen and oxygen atoms in total. The predicted octanol–water partition coefficient (Wildman–Crippen LogP) is 3.94. The van der Waals surface area contributed by atoms with Gasteiger partial charge in [-0.1, -0.05) is 23.8 Å². The van der Waals surface area contributed by atoms with Crippen molar-refractivity contribution in [2.75, 3.05) is 19.6 Å². The van der Waals surface area contributed by atoms with Gasteiger partial charge >= 0.3 is 0 Å². The molecule has 1 heterocycles. The molecule has 0 radical (unpaired) electrons. The maximum Gasteiger partial charge on any atom is 0.0193 e. The van der Waals surface area contributed by atoms with E-state index in [9.17, 15) is 0 Å². The summed E-state index contributed by atoms with van der Waals surface area (Å²) in [5.74, 6) is 0. The SMILES string of the molecule is C=CCCCCN1CCC=C(CCC=C)C1. The summed E-state index contributed by atoms with van der Waals surface area (Å²) < 4.78 is 0. The van der Waals surface area contributed by atoms with E-state index in [1.165, 1.54) is 45.3 Å². The van der Waals surface area contributed by atoms with Crippen molar-refractivity contribution >= 4 is 0 Å². The van der Waals surface area contributed by atoms with Gasteiger partial charge in [-0.25, -0.2) is 0 Å². The molecule has 1 heteroatoms. The van der Waals surface area contributed by atoms with Gasteiger partial charge in [-0.15, -0.1) is 13.2 Å². The van der Waals surface area contributed by atoms with Gasteiger partial charge in [-0.2, -0.15) is 0 Å². The monoisotopic (exact) mass is 219 g/mol. The lowest BCUT2D eigenvalue weighted by atomic mass is 10.0. The van der Waals surface area contributed by atoms with Crippen LogP contribution in [0.15, 0.2) is 37.0 Å². The summed E-state index contributed by atoms with van der Waals surface area (Å²) in [6.07, 6.45) is 13.8. The van der Waals surface area contributed by atoms with Gasteiger partial charge in [0.1, 0.15) is 0 Å². The van der Waals surface area contributed by atoms with E-state index in [0.717, 1.165) is 12.8 Å². The van der Waals surface area contributed by atoms with E-state index < -0.39 is 0 Å². The summed E-state index contributed by atoms with van der Waals surface area (Å²) >= 11 is 0. The van der Waals surface area contributed by atoms with Crippen LogP contribution in [0.5, 0.6) is 0 Å². The molecule has 1 aliphatic rings. The molecule has 16 heavy (non-hydrogen) atoms. The molecule has 0 aromatic carbocycles. The largest absolute Gasteiger partial charge is 0.299 e. The Morgan fingerprint density at radius 1 is 1.19 bits per heavy atom. The van der Waals surface area contributed by atoms with Crippen LogP contribution in [0.25, 0.3) is 0 Å². The number of hydrogen-bond acceptors (Lipinski definition) is 1. The fourth-order valence-electron chi connectivity index (χ4n) is 2.17. The Hall–Kier alpha value is -0.820. The molecule has 0 amide bonds. The Morgan fingerprint density at radius 3 is 2.75 bits per heavy atom. The second-order valence-electron chi connectivity index (χ2n) is 4.54. The van der Waals surface area contributed by atoms with Crippen molar-refractivity contribution in [2.24, 2.45) is 0 Å². The van der Waals surface area contributed by atoms with Gasteiger partial charge < -0.3 is 0 Å².